The summed E-state index contributed by atoms with van der Waals surface area (Å²) >= 11 is 0. The summed E-state index contributed by atoms with van der Waals surface area (Å²) in [4.78, 5) is 0. The van der Waals surface area contributed by atoms with Gasteiger partial charge in [-0.2, -0.15) is 0 Å². The smallest absolute Gasteiger partial charge is 0.122 e. The number of hydrazine groups is 1. The summed E-state index contributed by atoms with van der Waals surface area (Å²) in [6.07, 6.45) is 2.15. The Kier molecular flexibility index (Phi) is 3.23. The Balaban J connectivity index is 2.15. The molecule has 0 radical (unpaired) electrons. The monoisotopic (exact) mass is 206 g/mol. The molecule has 1 heterocycles. The van der Waals surface area contributed by atoms with E-state index in [9.17, 15) is 0 Å². The first kappa shape index (κ1) is 10.5. The molecule has 0 aromatic heterocycles. The number of hydrogen-bond donors (Lipinski definition) is 2. The van der Waals surface area contributed by atoms with E-state index in [2.05, 4.69) is 24.5 Å². The number of nitrogens with one attached hydrogen (secondary N) is 1. The maximum atomic E-state index is 5.62. The molecule has 82 valence electrons. The molecule has 1 aliphatic rings. The fraction of sp³-hybridized carbons (Fsp3) is 0.500. The van der Waals surface area contributed by atoms with E-state index < -0.39 is 0 Å². The summed E-state index contributed by atoms with van der Waals surface area (Å²) in [6, 6.07) is 8.64. The van der Waals surface area contributed by atoms with Crippen LogP contribution < -0.4 is 16.0 Å². The first-order chi connectivity index (χ1) is 7.31. The van der Waals surface area contributed by atoms with E-state index in [1.807, 2.05) is 12.1 Å². The second-order valence-electron chi connectivity index (χ2n) is 4.18. The lowest BCUT2D eigenvalue weighted by atomic mass is 9.88. The highest BCUT2D eigenvalue weighted by molar-refractivity contribution is 5.37. The minimum Gasteiger partial charge on any atom is -0.493 e. The predicted molar refractivity (Wildman–Crippen MR) is 60.7 cm³/mol. The average molecular weight is 206 g/mol. The van der Waals surface area contributed by atoms with Gasteiger partial charge in [-0.1, -0.05) is 18.2 Å². The van der Waals surface area contributed by atoms with Crippen LogP contribution in [0.1, 0.15) is 31.2 Å². The zero-order valence-electron chi connectivity index (χ0n) is 9.07. The zero-order valence-corrected chi connectivity index (χ0v) is 9.07. The number of hydrogen-bond acceptors (Lipinski definition) is 3. The molecule has 2 unspecified atom stereocenters. The van der Waals surface area contributed by atoms with Crippen LogP contribution in [0.4, 0.5) is 0 Å². The van der Waals surface area contributed by atoms with Crippen molar-refractivity contribution in [1.29, 1.82) is 0 Å². The van der Waals surface area contributed by atoms with Gasteiger partial charge in [0, 0.05) is 6.04 Å². The third-order valence-corrected chi connectivity index (χ3v) is 3.01. The lowest BCUT2D eigenvalue weighted by Crippen LogP contribution is -2.34. The number of rotatable bonds is 3. The minimum atomic E-state index is 0.348. The van der Waals surface area contributed by atoms with Crippen LogP contribution in [0.3, 0.4) is 0 Å². The molecule has 1 aliphatic heterocycles. The summed E-state index contributed by atoms with van der Waals surface area (Å²) in [7, 11) is 0. The number of benzene rings is 1. The summed E-state index contributed by atoms with van der Waals surface area (Å²) in [5.41, 5.74) is 4.13. The lowest BCUT2D eigenvalue weighted by Gasteiger charge is -2.27. The van der Waals surface area contributed by atoms with Crippen molar-refractivity contribution in [2.45, 2.75) is 31.7 Å². The molecule has 1 aromatic carbocycles. The molecule has 15 heavy (non-hydrogen) atoms. The van der Waals surface area contributed by atoms with Crippen LogP contribution in [-0.2, 0) is 0 Å². The third kappa shape index (κ3) is 2.30. The van der Waals surface area contributed by atoms with Gasteiger partial charge in [0.1, 0.15) is 5.75 Å². The summed E-state index contributed by atoms with van der Waals surface area (Å²) in [5, 5.41) is 0. The largest absolute Gasteiger partial charge is 0.493 e. The van der Waals surface area contributed by atoms with Crippen molar-refractivity contribution in [3.05, 3.63) is 29.8 Å². The predicted octanol–water partition coefficient (Wildman–Crippen LogP) is 1.79. The Morgan fingerprint density at radius 3 is 3.13 bits per heavy atom. The van der Waals surface area contributed by atoms with E-state index in [0.717, 1.165) is 25.2 Å². The molecule has 0 spiro atoms. The summed E-state index contributed by atoms with van der Waals surface area (Å²) in [5.74, 6) is 7.04. The van der Waals surface area contributed by atoms with Crippen LogP contribution >= 0.6 is 0 Å². The normalized spacial score (nSPS) is 21.6. The molecule has 2 rings (SSSR count). The molecule has 0 saturated carbocycles. The fourth-order valence-corrected chi connectivity index (χ4v) is 2.16. The first-order valence-electron chi connectivity index (χ1n) is 5.49. The van der Waals surface area contributed by atoms with Gasteiger partial charge in [-0.15, -0.1) is 0 Å². The molecule has 0 bridgehead atoms. The average Bonchev–Trinajstić information content (AvgIpc) is 2.29. The summed E-state index contributed by atoms with van der Waals surface area (Å²) in [6.45, 7) is 2.93. The maximum Gasteiger partial charge on any atom is 0.122 e. The van der Waals surface area contributed by atoms with E-state index in [0.29, 0.717) is 12.0 Å². The Hall–Kier alpha value is -1.06. The second-order valence-corrected chi connectivity index (χ2v) is 4.18. The Morgan fingerprint density at radius 1 is 1.53 bits per heavy atom. The molecule has 0 saturated heterocycles. The van der Waals surface area contributed by atoms with Gasteiger partial charge in [-0.3, -0.25) is 11.3 Å². The molecule has 1 aromatic rings. The van der Waals surface area contributed by atoms with Gasteiger partial charge in [0.25, 0.3) is 0 Å². The lowest BCUT2D eigenvalue weighted by molar-refractivity contribution is 0.256. The quantitative estimate of drug-likeness (QED) is 0.585. The number of ether oxygens (including phenoxy) is 1. The number of nitrogens with two attached hydrogens (primary N) is 1. The van der Waals surface area contributed by atoms with E-state index in [-0.39, 0.29) is 0 Å². The molecule has 3 N–H and O–H groups in total. The van der Waals surface area contributed by atoms with E-state index in [4.69, 9.17) is 10.6 Å². The van der Waals surface area contributed by atoms with Gasteiger partial charge in [-0.25, -0.2) is 0 Å². The van der Waals surface area contributed by atoms with Gasteiger partial charge in [0.15, 0.2) is 0 Å². The van der Waals surface area contributed by atoms with Gasteiger partial charge < -0.3 is 4.74 Å². The van der Waals surface area contributed by atoms with Crippen molar-refractivity contribution in [3.63, 3.8) is 0 Å². The molecule has 2 atom stereocenters. The van der Waals surface area contributed by atoms with Crippen LogP contribution in [-0.4, -0.2) is 12.6 Å². The molecular formula is C12H18N2O. The summed E-state index contributed by atoms with van der Waals surface area (Å²) < 4.78 is 5.62. The van der Waals surface area contributed by atoms with Gasteiger partial charge >= 0.3 is 0 Å². The Bertz CT molecular complexity index is 327. The third-order valence-electron chi connectivity index (χ3n) is 3.01. The van der Waals surface area contributed by atoms with Crippen molar-refractivity contribution >= 4 is 0 Å². The molecule has 3 nitrogen and oxygen atoms in total. The highest BCUT2D eigenvalue weighted by atomic mass is 16.5. The van der Waals surface area contributed by atoms with E-state index in [1.54, 1.807) is 0 Å². The van der Waals surface area contributed by atoms with Crippen molar-refractivity contribution in [3.8, 4) is 5.75 Å². The van der Waals surface area contributed by atoms with Crippen molar-refractivity contribution in [2.75, 3.05) is 6.61 Å². The second kappa shape index (κ2) is 4.64. The van der Waals surface area contributed by atoms with Gasteiger partial charge in [0.05, 0.1) is 6.61 Å². The van der Waals surface area contributed by atoms with Gasteiger partial charge in [-0.05, 0) is 37.3 Å². The maximum absolute atomic E-state index is 5.62. The van der Waals surface area contributed by atoms with Crippen molar-refractivity contribution in [2.24, 2.45) is 5.84 Å². The minimum absolute atomic E-state index is 0.348. The molecule has 0 aliphatic carbocycles. The topological polar surface area (TPSA) is 47.3 Å². The number of fused-ring (bicyclic) bond motifs is 1. The van der Waals surface area contributed by atoms with Crippen molar-refractivity contribution < 1.29 is 4.74 Å². The highest BCUT2D eigenvalue weighted by Gasteiger charge is 2.22. The standard InChI is InChI=1S/C12H18N2O/c1-9(14-13)8-10-6-7-15-12-5-3-2-4-11(10)12/h2-5,9-10,14H,6-8,13H2,1H3. The molecule has 3 heteroatoms. The first-order valence-corrected chi connectivity index (χ1v) is 5.49. The Morgan fingerprint density at radius 2 is 2.33 bits per heavy atom. The molecule has 0 fully saturated rings. The van der Waals surface area contributed by atoms with Crippen LogP contribution in [0.5, 0.6) is 5.75 Å². The molecule has 0 amide bonds. The van der Waals surface area contributed by atoms with Crippen LogP contribution in [0.15, 0.2) is 24.3 Å². The van der Waals surface area contributed by atoms with E-state index >= 15 is 0 Å². The van der Waals surface area contributed by atoms with Crippen LogP contribution in [0.25, 0.3) is 0 Å². The zero-order chi connectivity index (χ0) is 10.7. The van der Waals surface area contributed by atoms with Crippen LogP contribution in [0, 0.1) is 0 Å². The van der Waals surface area contributed by atoms with Crippen LogP contribution in [0.2, 0.25) is 0 Å². The number of para-hydroxylation sites is 1. The SMILES string of the molecule is CC(CC1CCOc2ccccc21)NN. The highest BCUT2D eigenvalue weighted by Crippen LogP contribution is 2.35. The van der Waals surface area contributed by atoms with E-state index in [1.165, 1.54) is 5.56 Å². The Labute approximate surface area is 90.6 Å². The fourth-order valence-electron chi connectivity index (χ4n) is 2.16. The van der Waals surface area contributed by atoms with Crippen molar-refractivity contribution in [1.82, 2.24) is 5.43 Å². The van der Waals surface area contributed by atoms with Gasteiger partial charge in [0.2, 0.25) is 0 Å². The molecular weight excluding hydrogens is 188 g/mol.